The minimum atomic E-state index is 0.246. The number of morpholine rings is 1. The first-order valence-electron chi connectivity index (χ1n) is 6.33. The van der Waals surface area contributed by atoms with E-state index >= 15 is 0 Å². The number of hydrogen-bond donors (Lipinski definition) is 1. The second-order valence-electron chi connectivity index (χ2n) is 4.96. The van der Waals surface area contributed by atoms with Crippen LogP contribution < -0.4 is 5.32 Å². The molecule has 1 amide bonds. The Morgan fingerprint density at radius 2 is 2.31 bits per heavy atom. The lowest BCUT2D eigenvalue weighted by molar-refractivity contribution is -0.127. The quantitative estimate of drug-likeness (QED) is 0.764. The molecule has 0 aromatic heterocycles. The van der Waals surface area contributed by atoms with Gasteiger partial charge in [0.1, 0.15) is 0 Å². The number of likely N-dealkylation sites (N-methyl/N-ethyl adjacent to an activating group) is 1. The molecule has 1 unspecified atom stereocenters. The van der Waals surface area contributed by atoms with Crippen molar-refractivity contribution in [2.45, 2.75) is 31.8 Å². The van der Waals surface area contributed by atoms with E-state index in [1.54, 1.807) is 0 Å². The summed E-state index contributed by atoms with van der Waals surface area (Å²) in [6, 6.07) is 0. The Kier molecular flexibility index (Phi) is 4.18. The van der Waals surface area contributed by atoms with E-state index in [4.69, 9.17) is 4.74 Å². The predicted molar refractivity (Wildman–Crippen MR) is 62.2 cm³/mol. The van der Waals surface area contributed by atoms with Gasteiger partial charge in [0.05, 0.1) is 12.7 Å². The summed E-state index contributed by atoms with van der Waals surface area (Å²) in [7, 11) is 2.11. The fourth-order valence-electron chi connectivity index (χ4n) is 2.21. The minimum absolute atomic E-state index is 0.246. The van der Waals surface area contributed by atoms with Crippen LogP contribution in [0.3, 0.4) is 0 Å². The summed E-state index contributed by atoms with van der Waals surface area (Å²) >= 11 is 0. The first kappa shape index (κ1) is 11.9. The average molecular weight is 226 g/mol. The van der Waals surface area contributed by atoms with Crippen LogP contribution in [-0.2, 0) is 9.53 Å². The molecule has 1 heterocycles. The van der Waals surface area contributed by atoms with Crippen LogP contribution in [0.5, 0.6) is 0 Å². The van der Waals surface area contributed by atoms with Gasteiger partial charge in [0, 0.05) is 25.6 Å². The van der Waals surface area contributed by atoms with Crippen LogP contribution in [0.25, 0.3) is 0 Å². The van der Waals surface area contributed by atoms with Gasteiger partial charge < -0.3 is 15.0 Å². The van der Waals surface area contributed by atoms with Gasteiger partial charge in [-0.3, -0.25) is 4.79 Å². The zero-order valence-electron chi connectivity index (χ0n) is 10.1. The molecular formula is C12H22N2O2. The summed E-state index contributed by atoms with van der Waals surface area (Å²) in [5, 5.41) is 3.01. The van der Waals surface area contributed by atoms with Gasteiger partial charge in [-0.15, -0.1) is 0 Å². The molecule has 2 rings (SSSR count). The molecule has 4 heteroatoms. The molecule has 1 atom stereocenters. The maximum Gasteiger partial charge on any atom is 0.223 e. The van der Waals surface area contributed by atoms with E-state index < -0.39 is 0 Å². The van der Waals surface area contributed by atoms with Crippen molar-refractivity contribution in [2.24, 2.45) is 5.92 Å². The van der Waals surface area contributed by atoms with E-state index in [-0.39, 0.29) is 5.91 Å². The normalized spacial score (nSPS) is 27.4. The van der Waals surface area contributed by atoms with Gasteiger partial charge in [-0.2, -0.15) is 0 Å². The third-order valence-electron chi connectivity index (χ3n) is 3.58. The predicted octanol–water partition coefficient (Wildman–Crippen LogP) is 0.623. The molecular weight excluding hydrogens is 204 g/mol. The lowest BCUT2D eigenvalue weighted by Gasteiger charge is -2.30. The molecule has 4 nitrogen and oxygen atoms in total. The Hall–Kier alpha value is -0.610. The highest BCUT2D eigenvalue weighted by molar-refractivity contribution is 5.79. The van der Waals surface area contributed by atoms with E-state index in [2.05, 4.69) is 17.3 Å². The fourth-order valence-corrected chi connectivity index (χ4v) is 2.21. The first-order chi connectivity index (χ1) is 7.75. The van der Waals surface area contributed by atoms with Crippen molar-refractivity contribution < 1.29 is 9.53 Å². The van der Waals surface area contributed by atoms with Crippen LogP contribution in [0.2, 0.25) is 0 Å². The molecule has 92 valence electrons. The molecule has 1 saturated heterocycles. The molecule has 0 bridgehead atoms. The number of amides is 1. The minimum Gasteiger partial charge on any atom is -0.375 e. The average Bonchev–Trinajstić information content (AvgIpc) is 2.15. The number of carbonyl (C=O) groups excluding carboxylic acids is 1. The zero-order valence-corrected chi connectivity index (χ0v) is 10.1. The van der Waals surface area contributed by atoms with Gasteiger partial charge >= 0.3 is 0 Å². The Labute approximate surface area is 97.3 Å². The maximum atomic E-state index is 11.6. The van der Waals surface area contributed by atoms with Crippen LogP contribution in [0.1, 0.15) is 25.7 Å². The van der Waals surface area contributed by atoms with Gasteiger partial charge in [-0.25, -0.2) is 0 Å². The molecule has 1 saturated carbocycles. The Morgan fingerprint density at radius 3 is 2.94 bits per heavy atom. The highest BCUT2D eigenvalue weighted by atomic mass is 16.5. The second kappa shape index (κ2) is 5.64. The van der Waals surface area contributed by atoms with E-state index in [0.717, 1.165) is 45.5 Å². The second-order valence-corrected chi connectivity index (χ2v) is 4.96. The summed E-state index contributed by atoms with van der Waals surface area (Å²) in [6.45, 7) is 3.58. The molecule has 1 N–H and O–H groups in total. The fraction of sp³-hybridized carbons (Fsp3) is 0.917. The standard InChI is InChI=1S/C12H22N2O2/c1-14-7-8-16-11(9-14)5-6-13-12(15)10-3-2-4-10/h10-11H,2-9H2,1H3,(H,13,15). The van der Waals surface area contributed by atoms with Crippen LogP contribution in [-0.4, -0.2) is 50.2 Å². The lowest BCUT2D eigenvalue weighted by Crippen LogP contribution is -2.42. The largest absolute Gasteiger partial charge is 0.375 e. The molecule has 0 radical (unpaired) electrons. The van der Waals surface area contributed by atoms with Gasteiger partial charge in [-0.1, -0.05) is 6.42 Å². The number of hydrogen-bond acceptors (Lipinski definition) is 3. The number of nitrogens with zero attached hydrogens (tertiary/aromatic N) is 1. The van der Waals surface area contributed by atoms with Crippen molar-refractivity contribution in [1.29, 1.82) is 0 Å². The van der Waals surface area contributed by atoms with Crippen molar-refractivity contribution in [2.75, 3.05) is 33.3 Å². The topological polar surface area (TPSA) is 41.6 Å². The summed E-state index contributed by atoms with van der Waals surface area (Å²) in [4.78, 5) is 13.8. The molecule has 2 fully saturated rings. The highest BCUT2D eigenvalue weighted by Crippen LogP contribution is 2.26. The molecule has 0 aromatic rings. The van der Waals surface area contributed by atoms with Crippen molar-refractivity contribution in [1.82, 2.24) is 10.2 Å². The third kappa shape index (κ3) is 3.19. The first-order valence-corrected chi connectivity index (χ1v) is 6.33. The number of carbonyl (C=O) groups is 1. The Morgan fingerprint density at radius 1 is 1.50 bits per heavy atom. The van der Waals surface area contributed by atoms with E-state index in [1.807, 2.05) is 0 Å². The number of ether oxygens (including phenoxy) is 1. The smallest absolute Gasteiger partial charge is 0.223 e. The van der Waals surface area contributed by atoms with Gasteiger partial charge in [0.15, 0.2) is 0 Å². The number of nitrogens with one attached hydrogen (secondary N) is 1. The van der Waals surface area contributed by atoms with Gasteiger partial charge in [0.25, 0.3) is 0 Å². The third-order valence-corrected chi connectivity index (χ3v) is 3.58. The van der Waals surface area contributed by atoms with Gasteiger partial charge in [0.2, 0.25) is 5.91 Å². The van der Waals surface area contributed by atoms with Crippen molar-refractivity contribution in [3.63, 3.8) is 0 Å². The van der Waals surface area contributed by atoms with Crippen LogP contribution in [0, 0.1) is 5.92 Å². The van der Waals surface area contributed by atoms with E-state index in [0.29, 0.717) is 12.0 Å². The molecule has 0 spiro atoms. The molecule has 1 aliphatic heterocycles. The summed E-state index contributed by atoms with van der Waals surface area (Å²) in [5.74, 6) is 0.547. The Balaban J connectivity index is 1.58. The highest BCUT2D eigenvalue weighted by Gasteiger charge is 2.25. The lowest BCUT2D eigenvalue weighted by atomic mass is 9.85. The SMILES string of the molecule is CN1CCOC(CCNC(=O)C2CCC2)C1. The molecule has 1 aliphatic carbocycles. The van der Waals surface area contributed by atoms with Gasteiger partial charge in [-0.05, 0) is 26.3 Å². The monoisotopic (exact) mass is 226 g/mol. The van der Waals surface area contributed by atoms with Crippen molar-refractivity contribution in [3.05, 3.63) is 0 Å². The van der Waals surface area contributed by atoms with Crippen LogP contribution in [0.15, 0.2) is 0 Å². The summed E-state index contributed by atoms with van der Waals surface area (Å²) in [5.41, 5.74) is 0. The molecule has 2 aliphatic rings. The summed E-state index contributed by atoms with van der Waals surface area (Å²) in [6.07, 6.45) is 4.60. The Bertz CT molecular complexity index is 241. The maximum absolute atomic E-state index is 11.6. The van der Waals surface area contributed by atoms with Crippen molar-refractivity contribution in [3.8, 4) is 0 Å². The molecule has 0 aromatic carbocycles. The van der Waals surface area contributed by atoms with E-state index in [1.165, 1.54) is 6.42 Å². The van der Waals surface area contributed by atoms with Crippen molar-refractivity contribution >= 4 is 5.91 Å². The molecule has 16 heavy (non-hydrogen) atoms. The zero-order chi connectivity index (χ0) is 11.4. The van der Waals surface area contributed by atoms with Crippen LogP contribution >= 0.6 is 0 Å². The van der Waals surface area contributed by atoms with E-state index in [9.17, 15) is 4.79 Å². The van der Waals surface area contributed by atoms with Crippen LogP contribution in [0.4, 0.5) is 0 Å². The summed E-state index contributed by atoms with van der Waals surface area (Å²) < 4.78 is 5.64. The number of rotatable bonds is 4.